The number of para-hydroxylation sites is 2. The predicted molar refractivity (Wildman–Crippen MR) is 62.4 cm³/mol. The average molecular weight is 232 g/mol. The number of carboxylic acids is 1. The van der Waals surface area contributed by atoms with Crippen LogP contribution < -0.4 is 9.67 Å². The van der Waals surface area contributed by atoms with Gasteiger partial charge in [-0.2, -0.15) is 0 Å². The molecule has 0 aliphatic rings. The lowest BCUT2D eigenvalue weighted by Crippen LogP contribution is -2.42. The molecule has 2 aromatic rings. The van der Waals surface area contributed by atoms with Crippen LogP contribution in [0.5, 0.6) is 0 Å². The maximum Gasteiger partial charge on any atom is 0.305 e. The summed E-state index contributed by atoms with van der Waals surface area (Å²) in [5.74, 6) is -0.889. The molecule has 0 saturated heterocycles. The Morgan fingerprint density at radius 1 is 1.41 bits per heavy atom. The van der Waals surface area contributed by atoms with Crippen LogP contribution in [0.4, 0.5) is 0 Å². The zero-order chi connectivity index (χ0) is 12.4. The van der Waals surface area contributed by atoms with E-state index >= 15 is 0 Å². The predicted octanol–water partition coefficient (Wildman–Crippen LogP) is 0.629. The molecule has 0 fully saturated rings. The third kappa shape index (κ3) is 1.90. The molecule has 1 aromatic carbocycles. The zero-order valence-corrected chi connectivity index (χ0v) is 10.1. The summed E-state index contributed by atoms with van der Waals surface area (Å²) in [6, 6.07) is 7.69. The van der Waals surface area contributed by atoms with E-state index in [-0.39, 0.29) is 5.82 Å². The van der Waals surface area contributed by atoms with Crippen molar-refractivity contribution in [3.05, 3.63) is 30.1 Å². The lowest BCUT2D eigenvalue weighted by molar-refractivity contribution is -0.650. The van der Waals surface area contributed by atoms with Crippen molar-refractivity contribution in [2.45, 2.75) is 26.3 Å². The fraction of sp³-hybridized carbons (Fsp3) is 0.385. The van der Waals surface area contributed by atoms with Crippen molar-refractivity contribution in [2.24, 2.45) is 7.05 Å². The van der Waals surface area contributed by atoms with E-state index in [1.165, 1.54) is 0 Å². The maximum absolute atomic E-state index is 11.2. The summed E-state index contributed by atoms with van der Waals surface area (Å²) in [6.07, 6.45) is 1.99. The molecule has 0 saturated carbocycles. The number of carbonyl (C=O) groups is 1. The molecule has 0 N–H and O–H groups in total. The molecule has 0 aliphatic heterocycles. The molecular weight excluding hydrogens is 216 g/mol. The van der Waals surface area contributed by atoms with Crippen LogP contribution in [0.1, 0.15) is 30.4 Å². The molecule has 0 bridgehead atoms. The number of aromatic carboxylic acids is 1. The summed E-state index contributed by atoms with van der Waals surface area (Å²) in [5, 5.41) is 11.2. The monoisotopic (exact) mass is 232 g/mol. The van der Waals surface area contributed by atoms with Crippen LogP contribution in [0.15, 0.2) is 24.3 Å². The molecule has 0 amide bonds. The van der Waals surface area contributed by atoms with Gasteiger partial charge < -0.3 is 9.90 Å². The third-order valence-electron chi connectivity index (χ3n) is 3.03. The summed E-state index contributed by atoms with van der Waals surface area (Å²) < 4.78 is 3.51. The summed E-state index contributed by atoms with van der Waals surface area (Å²) >= 11 is 0. The van der Waals surface area contributed by atoms with Gasteiger partial charge in [0.15, 0.2) is 17.0 Å². The van der Waals surface area contributed by atoms with Crippen LogP contribution >= 0.6 is 0 Å². The summed E-state index contributed by atoms with van der Waals surface area (Å²) in [7, 11) is 1.76. The van der Waals surface area contributed by atoms with Gasteiger partial charge in [0, 0.05) is 0 Å². The standard InChI is InChI=1S/C13H16N2O2/c1-3-4-9-15-11-8-6-5-7-10(11)14(2)12(15)13(16)17/h5-8H,3-4,9H2,1-2H3. The first kappa shape index (κ1) is 11.6. The van der Waals surface area contributed by atoms with Crippen molar-refractivity contribution >= 4 is 17.0 Å². The van der Waals surface area contributed by atoms with Crippen molar-refractivity contribution in [3.63, 3.8) is 0 Å². The molecule has 1 heterocycles. The molecule has 90 valence electrons. The highest BCUT2D eigenvalue weighted by Crippen LogP contribution is 2.14. The van der Waals surface area contributed by atoms with E-state index in [1.807, 2.05) is 28.8 Å². The van der Waals surface area contributed by atoms with Crippen molar-refractivity contribution in [1.82, 2.24) is 4.57 Å². The fourth-order valence-corrected chi connectivity index (χ4v) is 2.17. The lowest BCUT2D eigenvalue weighted by Gasteiger charge is -2.02. The van der Waals surface area contributed by atoms with E-state index in [4.69, 9.17) is 0 Å². The largest absolute Gasteiger partial charge is 0.538 e. The van der Waals surface area contributed by atoms with Gasteiger partial charge in [0.05, 0.1) is 13.6 Å². The van der Waals surface area contributed by atoms with Gasteiger partial charge in [0.1, 0.15) is 0 Å². The van der Waals surface area contributed by atoms with Gasteiger partial charge in [0.2, 0.25) is 0 Å². The molecule has 4 nitrogen and oxygen atoms in total. The Bertz CT molecular complexity index is 558. The minimum atomic E-state index is -1.13. The van der Waals surface area contributed by atoms with Crippen LogP contribution in [0, 0.1) is 0 Å². The topological polar surface area (TPSA) is 48.9 Å². The van der Waals surface area contributed by atoms with Crippen molar-refractivity contribution in [1.29, 1.82) is 0 Å². The van der Waals surface area contributed by atoms with E-state index in [1.54, 1.807) is 11.6 Å². The van der Waals surface area contributed by atoms with E-state index in [0.29, 0.717) is 6.54 Å². The summed E-state index contributed by atoms with van der Waals surface area (Å²) in [4.78, 5) is 11.2. The zero-order valence-electron chi connectivity index (χ0n) is 10.1. The second kappa shape index (κ2) is 4.57. The summed E-state index contributed by atoms with van der Waals surface area (Å²) in [5.41, 5.74) is 1.87. The molecule has 4 heteroatoms. The average Bonchev–Trinajstić information content (AvgIpc) is 2.60. The smallest absolute Gasteiger partial charge is 0.305 e. The quantitative estimate of drug-likeness (QED) is 0.726. The number of nitrogens with zero attached hydrogens (tertiary/aromatic N) is 2. The molecule has 0 unspecified atom stereocenters. The second-order valence-electron chi connectivity index (χ2n) is 4.16. The number of benzene rings is 1. The number of unbranched alkanes of at least 4 members (excludes halogenated alkanes) is 1. The van der Waals surface area contributed by atoms with Crippen molar-refractivity contribution in [3.8, 4) is 0 Å². The Hall–Kier alpha value is -1.84. The Morgan fingerprint density at radius 3 is 2.76 bits per heavy atom. The Balaban J connectivity index is 2.67. The first-order valence-electron chi connectivity index (χ1n) is 5.85. The minimum Gasteiger partial charge on any atom is -0.538 e. The molecule has 0 atom stereocenters. The molecular formula is C13H16N2O2. The van der Waals surface area contributed by atoms with E-state index < -0.39 is 5.97 Å². The van der Waals surface area contributed by atoms with E-state index in [9.17, 15) is 9.90 Å². The van der Waals surface area contributed by atoms with Crippen molar-refractivity contribution in [2.75, 3.05) is 0 Å². The normalized spacial score (nSPS) is 10.9. The number of carboxylic acid groups (broad SMARTS) is 1. The number of hydrogen-bond acceptors (Lipinski definition) is 2. The maximum atomic E-state index is 11.2. The van der Waals surface area contributed by atoms with E-state index in [2.05, 4.69) is 6.92 Å². The highest BCUT2D eigenvalue weighted by atomic mass is 16.4. The number of hydrogen-bond donors (Lipinski definition) is 0. The van der Waals surface area contributed by atoms with Crippen LogP contribution in [0.3, 0.4) is 0 Å². The van der Waals surface area contributed by atoms with Gasteiger partial charge in [-0.05, 0) is 18.6 Å². The number of aryl methyl sites for hydroxylation is 2. The van der Waals surface area contributed by atoms with Gasteiger partial charge >= 0.3 is 5.82 Å². The van der Waals surface area contributed by atoms with Gasteiger partial charge in [-0.15, -0.1) is 0 Å². The molecule has 0 radical (unpaired) electrons. The van der Waals surface area contributed by atoms with Gasteiger partial charge in [-0.25, -0.2) is 9.13 Å². The van der Waals surface area contributed by atoms with Crippen LogP contribution in [-0.2, 0) is 13.6 Å². The number of rotatable bonds is 4. The molecule has 17 heavy (non-hydrogen) atoms. The summed E-state index contributed by atoms with van der Waals surface area (Å²) in [6.45, 7) is 2.80. The lowest BCUT2D eigenvalue weighted by atomic mass is 10.3. The van der Waals surface area contributed by atoms with E-state index in [0.717, 1.165) is 23.9 Å². The first-order valence-corrected chi connectivity index (χ1v) is 5.85. The fourth-order valence-electron chi connectivity index (χ4n) is 2.17. The van der Waals surface area contributed by atoms with Crippen LogP contribution in [0.2, 0.25) is 0 Å². The van der Waals surface area contributed by atoms with Gasteiger partial charge in [0.25, 0.3) is 0 Å². The number of carbonyl (C=O) groups excluding carboxylic acids is 1. The number of fused-ring (bicyclic) bond motifs is 1. The van der Waals surface area contributed by atoms with Crippen LogP contribution in [-0.4, -0.2) is 10.5 Å². The highest BCUT2D eigenvalue weighted by Gasteiger charge is 2.22. The third-order valence-corrected chi connectivity index (χ3v) is 3.03. The minimum absolute atomic E-state index is 0.236. The molecule has 1 aromatic heterocycles. The molecule has 0 aliphatic carbocycles. The highest BCUT2D eigenvalue weighted by molar-refractivity contribution is 5.85. The molecule has 2 rings (SSSR count). The Kier molecular flexibility index (Phi) is 3.13. The van der Waals surface area contributed by atoms with Gasteiger partial charge in [-0.3, -0.25) is 0 Å². The SMILES string of the molecule is CCCCn1c(C(=O)[O-])[n+](C)c2ccccc21. The molecule has 0 spiro atoms. The number of aromatic nitrogens is 2. The Labute approximate surface area is 100 Å². The van der Waals surface area contributed by atoms with Crippen LogP contribution in [0.25, 0.3) is 11.0 Å². The second-order valence-corrected chi connectivity index (χ2v) is 4.16. The van der Waals surface area contributed by atoms with Crippen molar-refractivity contribution < 1.29 is 14.5 Å². The number of imidazole rings is 1. The Morgan fingerprint density at radius 2 is 2.12 bits per heavy atom. The first-order chi connectivity index (χ1) is 8.16. The van der Waals surface area contributed by atoms with Gasteiger partial charge in [-0.1, -0.05) is 25.5 Å².